The lowest BCUT2D eigenvalue weighted by Crippen LogP contribution is -2.36. The predicted octanol–water partition coefficient (Wildman–Crippen LogP) is 6.33. The molecule has 0 fully saturated rings. The predicted molar refractivity (Wildman–Crippen MR) is 125 cm³/mol. The summed E-state index contributed by atoms with van der Waals surface area (Å²) >= 11 is 0. The summed E-state index contributed by atoms with van der Waals surface area (Å²) in [6.45, 7) is 7.83. The van der Waals surface area contributed by atoms with Gasteiger partial charge in [0.2, 0.25) is 0 Å². The van der Waals surface area contributed by atoms with Gasteiger partial charge in [0, 0.05) is 12.6 Å². The highest BCUT2D eigenvalue weighted by molar-refractivity contribution is 7.89. The lowest BCUT2D eigenvalue weighted by atomic mass is 10.0. The van der Waals surface area contributed by atoms with E-state index in [0.29, 0.717) is 16.3 Å². The van der Waals surface area contributed by atoms with Crippen LogP contribution in [0.4, 0.5) is 4.79 Å². The Morgan fingerprint density at radius 3 is 2.48 bits per heavy atom. The molecule has 0 aliphatic heterocycles. The summed E-state index contributed by atoms with van der Waals surface area (Å²) in [6, 6.07) is 14.3. The summed E-state index contributed by atoms with van der Waals surface area (Å²) in [5, 5.41) is 0. The first-order chi connectivity index (χ1) is 14.8. The van der Waals surface area contributed by atoms with Crippen molar-refractivity contribution in [1.29, 1.82) is 0 Å². The molecule has 2 aromatic rings. The number of hydrogen-bond donors (Lipinski definition) is 0. The smallest absolute Gasteiger partial charge is 0.424 e. The van der Waals surface area contributed by atoms with E-state index in [2.05, 4.69) is 13.5 Å². The van der Waals surface area contributed by atoms with Crippen LogP contribution in [0.3, 0.4) is 0 Å². The summed E-state index contributed by atoms with van der Waals surface area (Å²) in [7, 11) is -2.86. The lowest BCUT2D eigenvalue weighted by Gasteiger charge is -2.22. The molecule has 0 bridgehead atoms. The monoisotopic (exact) mass is 443 g/mol. The molecule has 5 nitrogen and oxygen atoms in total. The van der Waals surface area contributed by atoms with E-state index >= 15 is 0 Å². The normalized spacial score (nSPS) is 12.2. The zero-order valence-electron chi connectivity index (χ0n) is 18.7. The fraction of sp³-hybridized carbons (Fsp3) is 0.400. The first-order valence-corrected chi connectivity index (χ1v) is 12.2. The maximum absolute atomic E-state index is 13.3. The van der Waals surface area contributed by atoms with Crippen LogP contribution in [0.25, 0.3) is 11.1 Å². The summed E-state index contributed by atoms with van der Waals surface area (Å²) in [6.07, 6.45) is 6.19. The van der Waals surface area contributed by atoms with Crippen LogP contribution in [0.1, 0.15) is 51.0 Å². The molecule has 31 heavy (non-hydrogen) atoms. The summed E-state index contributed by atoms with van der Waals surface area (Å²) in [4.78, 5) is 12.7. The van der Waals surface area contributed by atoms with Crippen molar-refractivity contribution in [2.75, 3.05) is 7.05 Å². The van der Waals surface area contributed by atoms with Crippen molar-refractivity contribution < 1.29 is 17.9 Å². The molecule has 1 unspecified atom stereocenters. The molecule has 0 aliphatic rings. The van der Waals surface area contributed by atoms with E-state index in [0.717, 1.165) is 36.8 Å². The van der Waals surface area contributed by atoms with Crippen molar-refractivity contribution in [3.8, 4) is 11.1 Å². The van der Waals surface area contributed by atoms with Crippen LogP contribution < -0.4 is 0 Å². The van der Waals surface area contributed by atoms with Gasteiger partial charge in [-0.1, -0.05) is 93.3 Å². The summed E-state index contributed by atoms with van der Waals surface area (Å²) in [5.74, 6) is 0. The van der Waals surface area contributed by atoms with Crippen molar-refractivity contribution >= 4 is 16.1 Å². The van der Waals surface area contributed by atoms with E-state index < -0.39 is 22.2 Å². The van der Waals surface area contributed by atoms with Crippen molar-refractivity contribution in [2.45, 2.75) is 63.4 Å². The van der Waals surface area contributed by atoms with Gasteiger partial charge in [-0.05, 0) is 31.4 Å². The van der Waals surface area contributed by atoms with E-state index in [1.807, 2.05) is 31.2 Å². The quantitative estimate of drug-likeness (QED) is 0.300. The van der Waals surface area contributed by atoms with Crippen molar-refractivity contribution in [3.05, 3.63) is 66.7 Å². The molecule has 0 spiro atoms. The molecule has 0 N–H and O–H groups in total. The van der Waals surface area contributed by atoms with Gasteiger partial charge >= 0.3 is 6.09 Å². The molecular weight excluding hydrogens is 410 g/mol. The zero-order valence-corrected chi connectivity index (χ0v) is 19.5. The van der Waals surface area contributed by atoms with Crippen LogP contribution >= 0.6 is 0 Å². The van der Waals surface area contributed by atoms with Crippen LogP contribution in [0.5, 0.6) is 0 Å². The van der Waals surface area contributed by atoms with Crippen LogP contribution in [0.2, 0.25) is 0 Å². The molecule has 1 atom stereocenters. The average Bonchev–Trinajstić information content (AvgIpc) is 2.77. The number of nitrogens with zero attached hydrogens (tertiary/aromatic N) is 1. The third-order valence-corrected chi connectivity index (χ3v) is 7.00. The molecule has 6 heteroatoms. The number of carbonyl (C=O) groups excluding carboxylic acids is 1. The highest BCUT2D eigenvalue weighted by Gasteiger charge is 2.30. The topological polar surface area (TPSA) is 63.7 Å². The standard InChI is InChI=1S/C25H33NO4S/c1-5-7-8-9-10-16-22(6-2)30-25(27)26(4)31(28,29)24-18-12-11-17-23(24)21-15-13-14-20(3)19-21/h6,11-15,17-19,22H,2,5,7-10,16H2,1,3-4H3. The number of benzene rings is 2. The largest absolute Gasteiger partial charge is 0.441 e. The Balaban J connectivity index is 2.16. The Morgan fingerprint density at radius 2 is 1.81 bits per heavy atom. The Kier molecular flexibility index (Phi) is 9.31. The SMILES string of the molecule is C=CC(CCCCCCC)OC(=O)N(C)S(=O)(=O)c1ccccc1-c1cccc(C)c1. The number of amides is 1. The number of ether oxygens (including phenoxy) is 1. The minimum atomic E-state index is -4.09. The molecule has 2 aromatic carbocycles. The van der Waals surface area contributed by atoms with Crippen LogP contribution in [-0.2, 0) is 14.8 Å². The van der Waals surface area contributed by atoms with Crippen LogP contribution in [0, 0.1) is 6.92 Å². The highest BCUT2D eigenvalue weighted by atomic mass is 32.2. The molecule has 0 saturated heterocycles. The van der Waals surface area contributed by atoms with E-state index in [1.54, 1.807) is 24.3 Å². The number of sulfonamides is 1. The molecular formula is C25H33NO4S. The van der Waals surface area contributed by atoms with Gasteiger partial charge in [-0.15, -0.1) is 0 Å². The second-order valence-corrected chi connectivity index (χ2v) is 9.64. The fourth-order valence-corrected chi connectivity index (χ4v) is 4.61. The van der Waals surface area contributed by atoms with Crippen molar-refractivity contribution in [1.82, 2.24) is 4.31 Å². The molecule has 0 radical (unpaired) electrons. The van der Waals surface area contributed by atoms with Gasteiger partial charge < -0.3 is 4.74 Å². The Bertz CT molecular complexity index is 985. The van der Waals surface area contributed by atoms with Gasteiger partial charge in [-0.3, -0.25) is 0 Å². The number of rotatable bonds is 11. The van der Waals surface area contributed by atoms with Gasteiger partial charge in [-0.2, -0.15) is 0 Å². The molecule has 0 heterocycles. The highest BCUT2D eigenvalue weighted by Crippen LogP contribution is 2.30. The van der Waals surface area contributed by atoms with Gasteiger partial charge in [-0.25, -0.2) is 17.5 Å². The van der Waals surface area contributed by atoms with Crippen LogP contribution in [-0.4, -0.2) is 32.0 Å². The first-order valence-electron chi connectivity index (χ1n) is 10.8. The summed E-state index contributed by atoms with van der Waals surface area (Å²) < 4.78 is 32.6. The Hall–Kier alpha value is -2.60. The van der Waals surface area contributed by atoms with Crippen molar-refractivity contribution in [3.63, 3.8) is 0 Å². The number of unbranched alkanes of at least 4 members (excludes halogenated alkanes) is 4. The first kappa shape index (κ1) is 24.7. The zero-order chi connectivity index (χ0) is 22.9. The average molecular weight is 444 g/mol. The van der Waals surface area contributed by atoms with E-state index in [1.165, 1.54) is 19.5 Å². The molecule has 2 rings (SSSR count). The third kappa shape index (κ3) is 6.69. The Labute approximate surface area is 186 Å². The molecule has 0 aromatic heterocycles. The minimum Gasteiger partial charge on any atom is -0.441 e. The maximum Gasteiger partial charge on any atom is 0.424 e. The van der Waals surface area contributed by atoms with E-state index in [9.17, 15) is 13.2 Å². The lowest BCUT2D eigenvalue weighted by molar-refractivity contribution is 0.100. The number of hydrogen-bond acceptors (Lipinski definition) is 4. The van der Waals surface area contributed by atoms with Gasteiger partial charge in [0.25, 0.3) is 10.0 Å². The summed E-state index contributed by atoms with van der Waals surface area (Å²) in [5.41, 5.74) is 2.34. The molecule has 1 amide bonds. The molecule has 168 valence electrons. The number of carbonyl (C=O) groups is 1. The van der Waals surface area contributed by atoms with E-state index in [4.69, 9.17) is 4.74 Å². The minimum absolute atomic E-state index is 0.0646. The van der Waals surface area contributed by atoms with E-state index in [-0.39, 0.29) is 4.90 Å². The van der Waals surface area contributed by atoms with Gasteiger partial charge in [0.1, 0.15) is 6.10 Å². The number of aryl methyl sites for hydroxylation is 1. The van der Waals surface area contributed by atoms with Gasteiger partial charge in [0.05, 0.1) is 4.90 Å². The second kappa shape index (κ2) is 11.7. The maximum atomic E-state index is 13.3. The molecule has 0 aliphatic carbocycles. The Morgan fingerprint density at radius 1 is 1.10 bits per heavy atom. The second-order valence-electron chi connectivity index (χ2n) is 7.70. The third-order valence-electron chi connectivity index (χ3n) is 5.22. The fourth-order valence-electron chi connectivity index (χ4n) is 3.37. The van der Waals surface area contributed by atoms with Crippen LogP contribution in [0.15, 0.2) is 66.1 Å². The molecule has 0 saturated carbocycles. The van der Waals surface area contributed by atoms with Gasteiger partial charge in [0.15, 0.2) is 0 Å². The van der Waals surface area contributed by atoms with Crippen molar-refractivity contribution in [2.24, 2.45) is 0 Å².